The molecule has 1 saturated heterocycles. The summed E-state index contributed by atoms with van der Waals surface area (Å²) in [5.74, 6) is -0.263. The topological polar surface area (TPSA) is 65.8 Å². The van der Waals surface area contributed by atoms with Crippen LogP contribution in [0, 0.1) is 24.1 Å². The van der Waals surface area contributed by atoms with Gasteiger partial charge in [0.2, 0.25) is 0 Å². The second kappa shape index (κ2) is 9.68. The number of methoxy groups -OCH3 is 1. The highest BCUT2D eigenvalue weighted by atomic mass is 19.1. The van der Waals surface area contributed by atoms with E-state index in [1.807, 2.05) is 6.07 Å². The Hall–Kier alpha value is -2.95. The Morgan fingerprint density at radius 2 is 1.75 bits per heavy atom. The zero-order valence-corrected chi connectivity index (χ0v) is 18.6. The molecule has 0 atom stereocenters. The summed E-state index contributed by atoms with van der Waals surface area (Å²) in [5, 5.41) is 9.23. The van der Waals surface area contributed by atoms with Crippen LogP contribution >= 0.6 is 0 Å². The van der Waals surface area contributed by atoms with E-state index in [4.69, 9.17) is 9.47 Å². The average Bonchev–Trinajstić information content (AvgIpc) is 3.19. The Balaban J connectivity index is 1.26. The van der Waals surface area contributed by atoms with E-state index in [0.717, 1.165) is 51.3 Å². The molecule has 6 nitrogen and oxygen atoms in total. The summed E-state index contributed by atoms with van der Waals surface area (Å²) in [6, 6.07) is 8.91. The predicted octanol–water partition coefficient (Wildman–Crippen LogP) is 3.09. The number of piperazine rings is 1. The second-order valence-electron chi connectivity index (χ2n) is 8.39. The Morgan fingerprint density at radius 1 is 1.09 bits per heavy atom. The number of hydrogen-bond donors (Lipinski definition) is 0. The minimum atomic E-state index is -0.323. The van der Waals surface area contributed by atoms with Gasteiger partial charge in [-0.2, -0.15) is 5.26 Å². The molecule has 2 aromatic rings. The number of rotatable bonds is 7. The molecule has 2 heterocycles. The van der Waals surface area contributed by atoms with Crippen molar-refractivity contribution in [2.24, 2.45) is 0 Å². The summed E-state index contributed by atoms with van der Waals surface area (Å²) in [5.41, 5.74) is 5.10. The third kappa shape index (κ3) is 4.62. The van der Waals surface area contributed by atoms with Gasteiger partial charge in [-0.3, -0.25) is 0 Å². The largest absolute Gasteiger partial charge is 0.495 e. The van der Waals surface area contributed by atoms with Crippen molar-refractivity contribution in [3.05, 3.63) is 63.5 Å². The van der Waals surface area contributed by atoms with Gasteiger partial charge in [0.15, 0.2) is 0 Å². The van der Waals surface area contributed by atoms with Crippen molar-refractivity contribution in [1.82, 2.24) is 9.80 Å². The fraction of sp³-hybridized carbons (Fsp3) is 0.440. The third-order valence-electron chi connectivity index (χ3n) is 6.63. The lowest BCUT2D eigenvalue weighted by Gasteiger charge is -2.34. The van der Waals surface area contributed by atoms with E-state index >= 15 is 0 Å². The molecule has 0 bridgehead atoms. The van der Waals surface area contributed by atoms with E-state index in [-0.39, 0.29) is 17.5 Å². The summed E-state index contributed by atoms with van der Waals surface area (Å²) in [4.78, 5) is 16.5. The van der Waals surface area contributed by atoms with Crippen molar-refractivity contribution in [1.29, 1.82) is 5.26 Å². The molecular weight excluding hydrogens is 409 g/mol. The van der Waals surface area contributed by atoms with E-state index < -0.39 is 0 Å². The van der Waals surface area contributed by atoms with Crippen LogP contribution in [-0.2, 0) is 24.2 Å². The molecule has 2 aliphatic rings. The first-order valence-corrected chi connectivity index (χ1v) is 11.0. The molecule has 0 N–H and O–H groups in total. The smallest absolute Gasteiger partial charge is 0.338 e. The summed E-state index contributed by atoms with van der Waals surface area (Å²) in [7, 11) is 1.44. The number of carbonyl (C=O) groups is 1. The van der Waals surface area contributed by atoms with Crippen LogP contribution in [0.25, 0.3) is 0 Å². The van der Waals surface area contributed by atoms with Gasteiger partial charge in [0, 0.05) is 50.9 Å². The zero-order chi connectivity index (χ0) is 22.7. The van der Waals surface area contributed by atoms with E-state index in [0.29, 0.717) is 29.7 Å². The fourth-order valence-electron chi connectivity index (χ4n) is 4.51. The van der Waals surface area contributed by atoms with Gasteiger partial charge in [-0.05, 0) is 48.6 Å². The number of esters is 1. The summed E-state index contributed by atoms with van der Waals surface area (Å²) in [6.07, 6.45) is 1.51. The first-order chi connectivity index (χ1) is 15.5. The minimum absolute atomic E-state index is 0.218. The van der Waals surface area contributed by atoms with Crippen molar-refractivity contribution in [3.8, 4) is 11.8 Å². The van der Waals surface area contributed by atoms with Crippen LogP contribution in [0.2, 0.25) is 0 Å². The van der Waals surface area contributed by atoms with Crippen LogP contribution in [-0.4, -0.2) is 62.1 Å². The van der Waals surface area contributed by atoms with Gasteiger partial charge in [0.25, 0.3) is 0 Å². The number of halogens is 1. The quantitative estimate of drug-likeness (QED) is 0.621. The number of carbonyl (C=O) groups excluding carboxylic acids is 1. The molecule has 0 amide bonds. The van der Waals surface area contributed by atoms with Crippen LogP contribution in [0.3, 0.4) is 0 Å². The van der Waals surface area contributed by atoms with Crippen molar-refractivity contribution in [2.45, 2.75) is 26.4 Å². The second-order valence-corrected chi connectivity index (χ2v) is 8.39. The highest BCUT2D eigenvalue weighted by molar-refractivity contribution is 5.93. The normalized spacial score (nSPS) is 16.5. The lowest BCUT2D eigenvalue weighted by Crippen LogP contribution is -2.47. The molecule has 0 spiro atoms. The van der Waals surface area contributed by atoms with E-state index in [1.54, 1.807) is 6.07 Å². The number of ether oxygens (including phenoxy) is 2. The van der Waals surface area contributed by atoms with Crippen molar-refractivity contribution >= 4 is 5.97 Å². The number of cyclic esters (lactones) is 1. The molecule has 7 heteroatoms. The van der Waals surface area contributed by atoms with Crippen molar-refractivity contribution < 1.29 is 18.7 Å². The van der Waals surface area contributed by atoms with Gasteiger partial charge in [0.05, 0.1) is 18.2 Å². The first kappa shape index (κ1) is 22.3. The van der Waals surface area contributed by atoms with E-state index in [9.17, 15) is 14.4 Å². The maximum absolute atomic E-state index is 14.3. The Kier molecular flexibility index (Phi) is 6.73. The number of benzene rings is 2. The molecule has 0 saturated carbocycles. The van der Waals surface area contributed by atoms with Gasteiger partial charge in [-0.25, -0.2) is 9.18 Å². The number of nitriles is 1. The minimum Gasteiger partial charge on any atom is -0.495 e. The molecule has 0 unspecified atom stereocenters. The molecule has 32 heavy (non-hydrogen) atoms. The molecule has 2 aromatic carbocycles. The first-order valence-electron chi connectivity index (χ1n) is 11.0. The van der Waals surface area contributed by atoms with Gasteiger partial charge < -0.3 is 19.3 Å². The highest BCUT2D eigenvalue weighted by Gasteiger charge is 2.24. The van der Waals surface area contributed by atoms with Gasteiger partial charge in [0.1, 0.15) is 24.2 Å². The summed E-state index contributed by atoms with van der Waals surface area (Å²) in [6.45, 7) is 8.02. The Labute approximate surface area is 188 Å². The SMILES string of the molecule is COc1cc(F)c(CCN2CCN(CCc3ccc4c(c3C)COC4=O)CC2)cc1C#N. The molecular formula is C25H28FN3O3. The standard InChI is InChI=1S/C25H28FN3O3/c1-17-18(3-4-21-22(17)16-32-25(21)30)5-7-28-9-11-29(12-10-28)8-6-19-13-20(15-27)24(31-2)14-23(19)26/h3-4,13-14H,5-12,16H2,1-2H3. The maximum atomic E-state index is 14.3. The molecule has 1 fully saturated rings. The number of nitrogens with zero attached hydrogens (tertiary/aromatic N) is 3. The predicted molar refractivity (Wildman–Crippen MR) is 118 cm³/mol. The molecule has 168 valence electrons. The third-order valence-corrected chi connectivity index (χ3v) is 6.63. The van der Waals surface area contributed by atoms with Crippen LogP contribution in [0.1, 0.15) is 38.2 Å². The van der Waals surface area contributed by atoms with Crippen molar-refractivity contribution in [3.63, 3.8) is 0 Å². The monoisotopic (exact) mass is 437 g/mol. The average molecular weight is 438 g/mol. The zero-order valence-electron chi connectivity index (χ0n) is 18.6. The van der Waals surface area contributed by atoms with Crippen LogP contribution in [0.4, 0.5) is 4.39 Å². The fourth-order valence-corrected chi connectivity index (χ4v) is 4.51. The van der Waals surface area contributed by atoms with E-state index in [1.165, 1.54) is 24.3 Å². The number of fused-ring (bicyclic) bond motifs is 1. The lowest BCUT2D eigenvalue weighted by atomic mass is 9.96. The molecule has 4 rings (SSSR count). The van der Waals surface area contributed by atoms with Crippen LogP contribution in [0.5, 0.6) is 5.75 Å². The molecule has 0 aromatic heterocycles. The summed E-state index contributed by atoms with van der Waals surface area (Å²) >= 11 is 0. The Bertz CT molecular complexity index is 1060. The summed E-state index contributed by atoms with van der Waals surface area (Å²) < 4.78 is 24.5. The molecule has 0 radical (unpaired) electrons. The number of hydrogen-bond acceptors (Lipinski definition) is 6. The lowest BCUT2D eigenvalue weighted by molar-refractivity contribution is 0.0535. The molecule has 2 aliphatic heterocycles. The van der Waals surface area contributed by atoms with Gasteiger partial charge in [-0.15, -0.1) is 0 Å². The van der Waals surface area contributed by atoms with Gasteiger partial charge >= 0.3 is 5.97 Å². The van der Waals surface area contributed by atoms with Gasteiger partial charge in [-0.1, -0.05) is 6.07 Å². The Morgan fingerprint density at radius 3 is 2.38 bits per heavy atom. The van der Waals surface area contributed by atoms with E-state index in [2.05, 4.69) is 28.9 Å². The van der Waals surface area contributed by atoms with Crippen molar-refractivity contribution in [2.75, 3.05) is 46.4 Å². The molecule has 0 aliphatic carbocycles. The highest BCUT2D eigenvalue weighted by Crippen LogP contribution is 2.26. The van der Waals surface area contributed by atoms with Crippen LogP contribution in [0.15, 0.2) is 24.3 Å². The van der Waals surface area contributed by atoms with Crippen LogP contribution < -0.4 is 4.74 Å². The maximum Gasteiger partial charge on any atom is 0.338 e.